The summed E-state index contributed by atoms with van der Waals surface area (Å²) in [5.74, 6) is -1.57. The quantitative estimate of drug-likeness (QED) is 0.792. The standard InChI is InChI=1S/C13H16N2O5S/c1-21(19,20)10-4-2-3-9(7-10)11(16)15-6-5-13(14,8-15)12(17)18/h2-4,7H,5-6,8,14H2,1H3,(H,17,18). The minimum absolute atomic E-state index is 0.0461. The van der Waals surface area contributed by atoms with Crippen molar-refractivity contribution in [1.29, 1.82) is 0 Å². The Hall–Kier alpha value is -1.93. The van der Waals surface area contributed by atoms with Gasteiger partial charge in [0.1, 0.15) is 5.54 Å². The van der Waals surface area contributed by atoms with Crippen molar-refractivity contribution in [3.05, 3.63) is 29.8 Å². The average Bonchev–Trinajstić information content (AvgIpc) is 2.81. The molecule has 7 nitrogen and oxygen atoms in total. The van der Waals surface area contributed by atoms with Crippen molar-refractivity contribution in [3.8, 4) is 0 Å². The summed E-state index contributed by atoms with van der Waals surface area (Å²) >= 11 is 0. The molecule has 1 fully saturated rings. The lowest BCUT2D eigenvalue weighted by molar-refractivity contribution is -0.142. The second-order valence-electron chi connectivity index (χ2n) is 5.24. The van der Waals surface area contributed by atoms with Gasteiger partial charge in [0.2, 0.25) is 0 Å². The first-order valence-electron chi connectivity index (χ1n) is 6.25. The van der Waals surface area contributed by atoms with Gasteiger partial charge in [-0.1, -0.05) is 6.07 Å². The Balaban J connectivity index is 2.25. The normalized spacial score (nSPS) is 22.3. The number of rotatable bonds is 3. The topological polar surface area (TPSA) is 118 Å². The van der Waals surface area contributed by atoms with E-state index in [1.54, 1.807) is 0 Å². The zero-order valence-electron chi connectivity index (χ0n) is 11.4. The van der Waals surface area contributed by atoms with Gasteiger partial charge >= 0.3 is 5.97 Å². The van der Waals surface area contributed by atoms with Crippen LogP contribution in [0.4, 0.5) is 0 Å². The maximum absolute atomic E-state index is 12.3. The first-order valence-corrected chi connectivity index (χ1v) is 8.14. The molecule has 1 unspecified atom stereocenters. The van der Waals surface area contributed by atoms with Crippen molar-refractivity contribution < 1.29 is 23.1 Å². The third-order valence-electron chi connectivity index (χ3n) is 3.52. The number of nitrogens with two attached hydrogens (primary N) is 1. The number of hydrogen-bond acceptors (Lipinski definition) is 5. The molecule has 2 rings (SSSR count). The summed E-state index contributed by atoms with van der Waals surface area (Å²) in [6.07, 6.45) is 1.22. The van der Waals surface area contributed by atoms with Crippen molar-refractivity contribution >= 4 is 21.7 Å². The van der Waals surface area contributed by atoms with Gasteiger partial charge in [-0.25, -0.2) is 8.42 Å². The van der Waals surface area contributed by atoms with Crippen LogP contribution in [0, 0.1) is 0 Å². The Morgan fingerprint density at radius 2 is 2.05 bits per heavy atom. The highest BCUT2D eigenvalue weighted by molar-refractivity contribution is 7.90. The summed E-state index contributed by atoms with van der Waals surface area (Å²) in [5.41, 5.74) is 4.48. The molecule has 1 aliphatic rings. The van der Waals surface area contributed by atoms with Gasteiger partial charge in [-0.05, 0) is 24.6 Å². The van der Waals surface area contributed by atoms with E-state index in [-0.39, 0.29) is 30.0 Å². The van der Waals surface area contributed by atoms with Crippen LogP contribution >= 0.6 is 0 Å². The Bertz CT molecular complexity index is 700. The van der Waals surface area contributed by atoms with Gasteiger partial charge in [-0.3, -0.25) is 9.59 Å². The molecule has 114 valence electrons. The molecule has 8 heteroatoms. The second-order valence-corrected chi connectivity index (χ2v) is 7.25. The van der Waals surface area contributed by atoms with Crippen LogP contribution in [-0.2, 0) is 14.6 Å². The lowest BCUT2D eigenvalue weighted by Gasteiger charge is -2.20. The maximum atomic E-state index is 12.3. The molecule has 3 N–H and O–H groups in total. The number of carboxylic acid groups (broad SMARTS) is 1. The molecule has 1 atom stereocenters. The summed E-state index contributed by atoms with van der Waals surface area (Å²) < 4.78 is 23.0. The predicted octanol–water partition coefficient (Wildman–Crippen LogP) is -0.282. The molecule has 0 aliphatic carbocycles. The smallest absolute Gasteiger partial charge is 0.325 e. The highest BCUT2D eigenvalue weighted by atomic mass is 32.2. The highest BCUT2D eigenvalue weighted by Crippen LogP contribution is 2.22. The maximum Gasteiger partial charge on any atom is 0.325 e. The number of aliphatic carboxylic acids is 1. The number of carbonyl (C=O) groups is 2. The molecule has 1 aromatic carbocycles. The van der Waals surface area contributed by atoms with Gasteiger partial charge in [-0.15, -0.1) is 0 Å². The van der Waals surface area contributed by atoms with Crippen LogP contribution in [0.15, 0.2) is 29.2 Å². The lowest BCUT2D eigenvalue weighted by atomic mass is 10.0. The molecule has 0 aromatic heterocycles. The minimum atomic E-state index is -3.41. The van der Waals surface area contributed by atoms with E-state index in [9.17, 15) is 18.0 Å². The Labute approximate surface area is 122 Å². The monoisotopic (exact) mass is 312 g/mol. The molecule has 0 radical (unpaired) electrons. The Morgan fingerprint density at radius 3 is 2.57 bits per heavy atom. The average molecular weight is 312 g/mol. The summed E-state index contributed by atoms with van der Waals surface area (Å²) in [7, 11) is -3.41. The molecule has 1 heterocycles. The van der Waals surface area contributed by atoms with E-state index in [0.717, 1.165) is 6.26 Å². The van der Waals surface area contributed by atoms with Gasteiger partial charge < -0.3 is 15.7 Å². The number of nitrogens with zero attached hydrogens (tertiary/aromatic N) is 1. The zero-order valence-corrected chi connectivity index (χ0v) is 12.3. The van der Waals surface area contributed by atoms with Crippen molar-refractivity contribution in [1.82, 2.24) is 4.90 Å². The Kier molecular flexibility index (Phi) is 3.77. The van der Waals surface area contributed by atoms with Crippen LogP contribution in [-0.4, -0.2) is 55.2 Å². The van der Waals surface area contributed by atoms with Crippen molar-refractivity contribution in [2.75, 3.05) is 19.3 Å². The summed E-state index contributed by atoms with van der Waals surface area (Å²) in [6.45, 7) is 0.134. The SMILES string of the molecule is CS(=O)(=O)c1cccc(C(=O)N2CCC(N)(C(=O)O)C2)c1. The number of benzene rings is 1. The fourth-order valence-corrected chi connectivity index (χ4v) is 2.89. The third kappa shape index (κ3) is 3.06. The van der Waals surface area contributed by atoms with Crippen molar-refractivity contribution in [2.24, 2.45) is 5.73 Å². The summed E-state index contributed by atoms with van der Waals surface area (Å²) in [4.78, 5) is 24.8. The van der Waals surface area contributed by atoms with Gasteiger partial charge in [0.05, 0.1) is 4.90 Å². The Morgan fingerprint density at radius 1 is 1.38 bits per heavy atom. The number of carbonyl (C=O) groups excluding carboxylic acids is 1. The molecule has 1 amide bonds. The first-order chi connectivity index (χ1) is 9.63. The highest BCUT2D eigenvalue weighted by Gasteiger charge is 2.43. The van der Waals surface area contributed by atoms with E-state index in [2.05, 4.69) is 0 Å². The van der Waals surface area contributed by atoms with Crippen LogP contribution in [0.1, 0.15) is 16.8 Å². The van der Waals surface area contributed by atoms with Gasteiger partial charge in [0.25, 0.3) is 5.91 Å². The van der Waals surface area contributed by atoms with Gasteiger partial charge in [0, 0.05) is 24.9 Å². The van der Waals surface area contributed by atoms with E-state index in [0.29, 0.717) is 0 Å². The lowest BCUT2D eigenvalue weighted by Crippen LogP contribution is -2.50. The molecule has 0 bridgehead atoms. The van der Waals surface area contributed by atoms with Crippen molar-refractivity contribution in [3.63, 3.8) is 0 Å². The molecule has 0 spiro atoms. The molecular weight excluding hydrogens is 296 g/mol. The second kappa shape index (κ2) is 5.12. The fraction of sp³-hybridized carbons (Fsp3) is 0.385. The number of sulfone groups is 1. The van der Waals surface area contributed by atoms with Crippen LogP contribution in [0.2, 0.25) is 0 Å². The van der Waals surface area contributed by atoms with Crippen LogP contribution < -0.4 is 5.73 Å². The number of hydrogen-bond donors (Lipinski definition) is 2. The minimum Gasteiger partial charge on any atom is -0.480 e. The molecule has 1 saturated heterocycles. The summed E-state index contributed by atoms with van der Waals surface area (Å²) in [5, 5.41) is 9.05. The molecule has 21 heavy (non-hydrogen) atoms. The number of carboxylic acids is 1. The van der Waals surface area contributed by atoms with E-state index in [1.165, 1.54) is 29.2 Å². The van der Waals surface area contributed by atoms with Gasteiger partial charge in [-0.2, -0.15) is 0 Å². The third-order valence-corrected chi connectivity index (χ3v) is 4.63. The van der Waals surface area contributed by atoms with Crippen LogP contribution in [0.25, 0.3) is 0 Å². The predicted molar refractivity (Wildman–Crippen MR) is 74.6 cm³/mol. The van der Waals surface area contributed by atoms with E-state index >= 15 is 0 Å². The van der Waals surface area contributed by atoms with Gasteiger partial charge in [0.15, 0.2) is 9.84 Å². The largest absolute Gasteiger partial charge is 0.480 e. The number of amides is 1. The van der Waals surface area contributed by atoms with E-state index in [1.807, 2.05) is 0 Å². The number of likely N-dealkylation sites (tertiary alicyclic amines) is 1. The molecule has 1 aliphatic heterocycles. The fourth-order valence-electron chi connectivity index (χ4n) is 2.22. The summed E-state index contributed by atoms with van der Waals surface area (Å²) in [6, 6.07) is 5.66. The molecule has 1 aromatic rings. The van der Waals surface area contributed by atoms with E-state index < -0.39 is 27.3 Å². The molecule has 0 saturated carbocycles. The van der Waals surface area contributed by atoms with Crippen molar-refractivity contribution in [2.45, 2.75) is 16.9 Å². The van der Waals surface area contributed by atoms with Crippen LogP contribution in [0.3, 0.4) is 0 Å². The van der Waals surface area contributed by atoms with Crippen LogP contribution in [0.5, 0.6) is 0 Å². The molecular formula is C13H16N2O5S. The first kappa shape index (κ1) is 15.5. The zero-order chi connectivity index (χ0) is 15.8. The van der Waals surface area contributed by atoms with E-state index in [4.69, 9.17) is 10.8 Å².